The number of carbonyl (C=O) groups is 2. The van der Waals surface area contributed by atoms with Gasteiger partial charge in [-0.25, -0.2) is 4.79 Å². The highest BCUT2D eigenvalue weighted by atomic mass is 19.4. The third kappa shape index (κ3) is 6.41. The lowest BCUT2D eigenvalue weighted by molar-refractivity contribution is -0.155. The first kappa shape index (κ1) is 22.1. The maximum Gasteiger partial charge on any atom is 0.416 e. The predicted molar refractivity (Wildman–Crippen MR) is 98.9 cm³/mol. The van der Waals surface area contributed by atoms with Crippen LogP contribution in [0.25, 0.3) is 0 Å². The molecule has 0 heterocycles. The van der Waals surface area contributed by atoms with Crippen LogP contribution in [-0.2, 0) is 20.5 Å². The summed E-state index contributed by atoms with van der Waals surface area (Å²) >= 11 is 0. The smallest absolute Gasteiger partial charge is 0.416 e. The van der Waals surface area contributed by atoms with E-state index < -0.39 is 36.3 Å². The van der Waals surface area contributed by atoms with Crippen molar-refractivity contribution in [3.8, 4) is 11.5 Å². The number of hydrogen-bond donors (Lipinski definition) is 1. The molecule has 1 amide bonds. The van der Waals surface area contributed by atoms with Crippen molar-refractivity contribution in [2.75, 3.05) is 19.0 Å². The molecular formula is C20H20F3NO5. The molecule has 0 radical (unpaired) electrons. The number of amides is 1. The van der Waals surface area contributed by atoms with Gasteiger partial charge in [0.1, 0.15) is 11.5 Å². The zero-order valence-electron chi connectivity index (χ0n) is 16.0. The highest BCUT2D eigenvalue weighted by Crippen LogP contribution is 2.31. The molecule has 1 atom stereocenters. The van der Waals surface area contributed by atoms with Gasteiger partial charge in [-0.15, -0.1) is 0 Å². The van der Waals surface area contributed by atoms with Crippen molar-refractivity contribution in [2.45, 2.75) is 26.1 Å². The molecule has 1 unspecified atom stereocenters. The summed E-state index contributed by atoms with van der Waals surface area (Å²) in [6.45, 7) is 2.55. The summed E-state index contributed by atoms with van der Waals surface area (Å²) in [6, 6.07) is 9.29. The predicted octanol–water partition coefficient (Wildman–Crippen LogP) is 3.97. The average molecular weight is 411 g/mol. The summed E-state index contributed by atoms with van der Waals surface area (Å²) in [6.07, 6.45) is -5.68. The van der Waals surface area contributed by atoms with Crippen molar-refractivity contribution >= 4 is 17.6 Å². The molecule has 0 saturated carbocycles. The number of methoxy groups -OCH3 is 1. The normalized spacial score (nSPS) is 12.1. The number of ether oxygens (including phenoxy) is 3. The fourth-order valence-electron chi connectivity index (χ4n) is 2.34. The van der Waals surface area contributed by atoms with E-state index in [9.17, 15) is 22.8 Å². The number of carbonyl (C=O) groups excluding carboxylic acids is 2. The summed E-state index contributed by atoms with van der Waals surface area (Å²) in [5, 5.41) is 2.60. The van der Waals surface area contributed by atoms with Crippen LogP contribution in [0.3, 0.4) is 0 Å². The van der Waals surface area contributed by atoms with Crippen molar-refractivity contribution in [3.63, 3.8) is 0 Å². The maximum atomic E-state index is 12.7. The number of anilines is 1. The fourth-order valence-corrected chi connectivity index (χ4v) is 2.34. The number of halogens is 3. The minimum absolute atomic E-state index is 0.140. The Morgan fingerprint density at radius 1 is 1.14 bits per heavy atom. The van der Waals surface area contributed by atoms with Crippen LogP contribution in [0.1, 0.15) is 18.1 Å². The molecule has 0 spiro atoms. The van der Waals surface area contributed by atoms with Crippen LogP contribution in [-0.4, -0.2) is 31.7 Å². The molecule has 6 nitrogen and oxygen atoms in total. The minimum atomic E-state index is -4.52. The largest absolute Gasteiger partial charge is 0.495 e. The van der Waals surface area contributed by atoms with E-state index in [0.29, 0.717) is 11.4 Å². The Kier molecular flexibility index (Phi) is 7.08. The zero-order valence-corrected chi connectivity index (χ0v) is 16.0. The maximum absolute atomic E-state index is 12.7. The molecule has 0 aliphatic rings. The van der Waals surface area contributed by atoms with Gasteiger partial charge in [0.15, 0.2) is 12.7 Å². The van der Waals surface area contributed by atoms with E-state index in [0.717, 1.165) is 23.8 Å². The van der Waals surface area contributed by atoms with Crippen LogP contribution < -0.4 is 14.8 Å². The minimum Gasteiger partial charge on any atom is -0.495 e. The number of nitrogens with one attached hydrogen (secondary N) is 1. The molecule has 0 aliphatic heterocycles. The van der Waals surface area contributed by atoms with Gasteiger partial charge in [0, 0.05) is 0 Å². The number of rotatable bonds is 7. The Balaban J connectivity index is 1.90. The van der Waals surface area contributed by atoms with Gasteiger partial charge in [-0.05, 0) is 49.7 Å². The van der Waals surface area contributed by atoms with Gasteiger partial charge in [-0.1, -0.05) is 12.1 Å². The Morgan fingerprint density at radius 3 is 2.52 bits per heavy atom. The molecule has 9 heteroatoms. The Labute approximate surface area is 165 Å². The second-order valence-electron chi connectivity index (χ2n) is 6.14. The summed E-state index contributed by atoms with van der Waals surface area (Å²) in [5.74, 6) is -1.20. The summed E-state index contributed by atoms with van der Waals surface area (Å²) in [7, 11) is 1.45. The van der Waals surface area contributed by atoms with Crippen LogP contribution in [0.4, 0.5) is 18.9 Å². The number of alkyl halides is 3. The van der Waals surface area contributed by atoms with Crippen LogP contribution in [0.2, 0.25) is 0 Å². The molecule has 0 bridgehead atoms. The number of hydrogen-bond acceptors (Lipinski definition) is 5. The fraction of sp³-hybridized carbons (Fsp3) is 0.300. The summed E-state index contributed by atoms with van der Waals surface area (Å²) < 4.78 is 53.2. The quantitative estimate of drug-likeness (QED) is 0.698. The van der Waals surface area contributed by atoms with Crippen LogP contribution in [0.15, 0.2) is 42.5 Å². The van der Waals surface area contributed by atoms with Gasteiger partial charge in [0.25, 0.3) is 5.91 Å². The second-order valence-corrected chi connectivity index (χ2v) is 6.14. The monoisotopic (exact) mass is 411 g/mol. The molecule has 0 aromatic heterocycles. The standard InChI is InChI=1S/C20H20F3NO5/c1-12-7-8-17(27-3)16(9-12)24-19(26)13(2)29-18(25)11-28-15-6-4-5-14(10-15)20(21,22)23/h4-10,13H,11H2,1-3H3,(H,24,26). The molecule has 2 aromatic rings. The molecule has 2 aromatic carbocycles. The van der Waals surface area contributed by atoms with E-state index in [1.807, 2.05) is 13.0 Å². The molecule has 0 fully saturated rings. The third-order valence-corrected chi connectivity index (χ3v) is 3.81. The Morgan fingerprint density at radius 2 is 1.86 bits per heavy atom. The van der Waals surface area contributed by atoms with E-state index in [1.54, 1.807) is 12.1 Å². The van der Waals surface area contributed by atoms with Crippen LogP contribution in [0.5, 0.6) is 11.5 Å². The van der Waals surface area contributed by atoms with E-state index >= 15 is 0 Å². The lowest BCUT2D eigenvalue weighted by atomic mass is 10.2. The van der Waals surface area contributed by atoms with Crippen LogP contribution in [0, 0.1) is 6.92 Å². The van der Waals surface area contributed by atoms with Crippen molar-refractivity contribution in [1.29, 1.82) is 0 Å². The Bertz CT molecular complexity index is 883. The lowest BCUT2D eigenvalue weighted by Gasteiger charge is -2.16. The third-order valence-electron chi connectivity index (χ3n) is 3.81. The van der Waals surface area contributed by atoms with E-state index in [2.05, 4.69) is 5.32 Å². The van der Waals surface area contributed by atoms with Gasteiger partial charge in [-0.3, -0.25) is 4.79 Å². The summed E-state index contributed by atoms with van der Waals surface area (Å²) in [5.41, 5.74) is 0.407. The van der Waals surface area contributed by atoms with Crippen molar-refractivity contribution in [1.82, 2.24) is 0 Å². The Hall–Kier alpha value is -3.23. The molecule has 29 heavy (non-hydrogen) atoms. The topological polar surface area (TPSA) is 73.9 Å². The second kappa shape index (κ2) is 9.31. The summed E-state index contributed by atoms with van der Waals surface area (Å²) in [4.78, 5) is 24.1. The van der Waals surface area contributed by atoms with Gasteiger partial charge in [0.2, 0.25) is 0 Å². The van der Waals surface area contributed by atoms with Gasteiger partial charge in [-0.2, -0.15) is 13.2 Å². The molecule has 0 saturated heterocycles. The molecule has 2 rings (SSSR count). The lowest BCUT2D eigenvalue weighted by Crippen LogP contribution is -2.31. The van der Waals surface area contributed by atoms with E-state index in [4.69, 9.17) is 14.2 Å². The van der Waals surface area contributed by atoms with Gasteiger partial charge < -0.3 is 19.5 Å². The van der Waals surface area contributed by atoms with E-state index in [-0.39, 0.29) is 5.75 Å². The van der Waals surface area contributed by atoms with Crippen molar-refractivity contribution in [2.24, 2.45) is 0 Å². The molecule has 0 aliphatic carbocycles. The van der Waals surface area contributed by atoms with Gasteiger partial charge in [0.05, 0.1) is 18.4 Å². The highest BCUT2D eigenvalue weighted by Gasteiger charge is 2.30. The van der Waals surface area contributed by atoms with Crippen molar-refractivity contribution < 1.29 is 37.0 Å². The zero-order chi connectivity index (χ0) is 21.6. The molecular weight excluding hydrogens is 391 g/mol. The first-order valence-corrected chi connectivity index (χ1v) is 8.55. The number of benzene rings is 2. The first-order valence-electron chi connectivity index (χ1n) is 8.55. The SMILES string of the molecule is COc1ccc(C)cc1NC(=O)C(C)OC(=O)COc1cccc(C(F)(F)F)c1. The number of aryl methyl sites for hydroxylation is 1. The molecule has 156 valence electrons. The van der Waals surface area contributed by atoms with Crippen molar-refractivity contribution in [3.05, 3.63) is 53.6 Å². The van der Waals surface area contributed by atoms with Gasteiger partial charge >= 0.3 is 12.1 Å². The average Bonchev–Trinajstić information content (AvgIpc) is 2.66. The van der Waals surface area contributed by atoms with Crippen LogP contribution >= 0.6 is 0 Å². The first-order chi connectivity index (χ1) is 13.6. The number of esters is 1. The van der Waals surface area contributed by atoms with E-state index in [1.165, 1.54) is 20.1 Å². The molecule has 1 N–H and O–H groups in total. The highest BCUT2D eigenvalue weighted by molar-refractivity contribution is 5.96.